The van der Waals surface area contributed by atoms with E-state index in [1.807, 2.05) is 0 Å². The molecule has 1 saturated heterocycles. The highest BCUT2D eigenvalue weighted by atomic mass is 19.4. The number of alkyl halides is 3. The molecule has 5 heteroatoms. The highest BCUT2D eigenvalue weighted by Gasteiger charge is 2.35. The second kappa shape index (κ2) is 4.28. The molecule has 0 bridgehead atoms. The Morgan fingerprint density at radius 2 is 1.82 bits per heavy atom. The van der Waals surface area contributed by atoms with Crippen LogP contribution in [0.3, 0.4) is 0 Å². The maximum atomic E-state index is 12.9. The van der Waals surface area contributed by atoms with Gasteiger partial charge in [-0.15, -0.1) is 0 Å². The van der Waals surface area contributed by atoms with Crippen molar-refractivity contribution >= 4 is 5.69 Å². The number of halogens is 3. The predicted octanol–water partition coefficient (Wildman–Crippen LogP) is 3.18. The lowest BCUT2D eigenvalue weighted by molar-refractivity contribution is -0.137. The van der Waals surface area contributed by atoms with Gasteiger partial charge in [0.05, 0.1) is 17.2 Å². The van der Waals surface area contributed by atoms with Gasteiger partial charge in [0.15, 0.2) is 0 Å². The SMILES string of the molecule is N#Cc1ccc(N2CCCC2)c(C(F)(F)F)c1. The monoisotopic (exact) mass is 240 g/mol. The Kier molecular flexibility index (Phi) is 2.97. The van der Waals surface area contributed by atoms with Crippen LogP contribution in [-0.4, -0.2) is 13.1 Å². The minimum absolute atomic E-state index is 0.0419. The third-order valence-corrected chi connectivity index (χ3v) is 2.88. The molecule has 1 heterocycles. The molecule has 0 atom stereocenters. The smallest absolute Gasteiger partial charge is 0.371 e. The van der Waals surface area contributed by atoms with E-state index in [0.717, 1.165) is 18.9 Å². The summed E-state index contributed by atoms with van der Waals surface area (Å²) in [6.07, 6.45) is -2.58. The molecule has 1 aliphatic heterocycles. The van der Waals surface area contributed by atoms with E-state index in [4.69, 9.17) is 5.26 Å². The number of nitriles is 1. The molecule has 1 aliphatic rings. The van der Waals surface area contributed by atoms with E-state index in [0.29, 0.717) is 13.1 Å². The zero-order valence-electron chi connectivity index (χ0n) is 9.09. The number of nitrogens with zero attached hydrogens (tertiary/aromatic N) is 2. The zero-order chi connectivity index (χ0) is 12.5. The fraction of sp³-hybridized carbons (Fsp3) is 0.417. The normalized spacial score (nSPS) is 16.0. The average Bonchev–Trinajstić information content (AvgIpc) is 2.80. The first kappa shape index (κ1) is 11.8. The van der Waals surface area contributed by atoms with Gasteiger partial charge >= 0.3 is 6.18 Å². The summed E-state index contributed by atoms with van der Waals surface area (Å²) in [6.45, 7) is 1.30. The molecule has 0 spiro atoms. The van der Waals surface area contributed by atoms with Gasteiger partial charge in [0.2, 0.25) is 0 Å². The first-order valence-corrected chi connectivity index (χ1v) is 5.38. The van der Waals surface area contributed by atoms with Crippen molar-refractivity contribution in [1.29, 1.82) is 5.26 Å². The molecule has 0 aliphatic carbocycles. The quantitative estimate of drug-likeness (QED) is 0.753. The van der Waals surface area contributed by atoms with Gasteiger partial charge in [-0.05, 0) is 31.0 Å². The summed E-state index contributed by atoms with van der Waals surface area (Å²) in [4.78, 5) is 1.73. The standard InChI is InChI=1S/C12H11F3N2/c13-12(14,15)10-7-9(8-16)3-4-11(10)17-5-1-2-6-17/h3-4,7H,1-2,5-6H2. The molecule has 90 valence electrons. The summed E-state index contributed by atoms with van der Waals surface area (Å²) in [5.74, 6) is 0. The van der Waals surface area contributed by atoms with Gasteiger partial charge in [-0.25, -0.2) is 0 Å². The molecule has 2 nitrogen and oxygen atoms in total. The van der Waals surface area contributed by atoms with E-state index in [-0.39, 0.29) is 11.3 Å². The molecule has 0 radical (unpaired) electrons. The Bertz CT molecular complexity index is 454. The van der Waals surface area contributed by atoms with Crippen molar-refractivity contribution in [2.24, 2.45) is 0 Å². The first-order chi connectivity index (χ1) is 8.02. The molecule has 17 heavy (non-hydrogen) atoms. The summed E-state index contributed by atoms with van der Waals surface area (Å²) in [5.41, 5.74) is -0.479. The number of hydrogen-bond acceptors (Lipinski definition) is 2. The molecule has 0 amide bonds. The minimum atomic E-state index is -4.41. The zero-order valence-corrected chi connectivity index (χ0v) is 9.09. The van der Waals surface area contributed by atoms with Crippen molar-refractivity contribution in [3.05, 3.63) is 29.3 Å². The molecular formula is C12H11F3N2. The Labute approximate surface area is 97.3 Å². The van der Waals surface area contributed by atoms with Gasteiger partial charge in [0.1, 0.15) is 0 Å². The number of rotatable bonds is 1. The largest absolute Gasteiger partial charge is 0.418 e. The van der Waals surface area contributed by atoms with Crippen LogP contribution >= 0.6 is 0 Å². The van der Waals surface area contributed by atoms with Crippen LogP contribution in [-0.2, 0) is 6.18 Å². The predicted molar refractivity (Wildman–Crippen MR) is 57.6 cm³/mol. The Morgan fingerprint density at radius 1 is 1.18 bits per heavy atom. The van der Waals surface area contributed by atoms with Crippen molar-refractivity contribution in [1.82, 2.24) is 0 Å². The van der Waals surface area contributed by atoms with Gasteiger partial charge in [0, 0.05) is 18.8 Å². The molecule has 1 aromatic carbocycles. The number of anilines is 1. The molecule has 1 aromatic rings. The van der Waals surface area contributed by atoms with Crippen LogP contribution in [0.15, 0.2) is 18.2 Å². The van der Waals surface area contributed by atoms with E-state index in [1.54, 1.807) is 11.0 Å². The average molecular weight is 240 g/mol. The van der Waals surface area contributed by atoms with E-state index >= 15 is 0 Å². The van der Waals surface area contributed by atoms with Crippen LogP contribution in [0.5, 0.6) is 0 Å². The lowest BCUT2D eigenvalue weighted by atomic mass is 10.1. The van der Waals surface area contributed by atoms with Crippen molar-refractivity contribution in [3.63, 3.8) is 0 Å². The first-order valence-electron chi connectivity index (χ1n) is 5.38. The third-order valence-electron chi connectivity index (χ3n) is 2.88. The van der Waals surface area contributed by atoms with Crippen LogP contribution < -0.4 is 4.90 Å². The molecule has 2 rings (SSSR count). The maximum absolute atomic E-state index is 12.9. The summed E-state index contributed by atoms with van der Waals surface area (Å²) in [5, 5.41) is 8.65. The fourth-order valence-corrected chi connectivity index (χ4v) is 2.07. The summed E-state index contributed by atoms with van der Waals surface area (Å²) in [6, 6.07) is 5.49. The van der Waals surface area contributed by atoms with E-state index in [1.165, 1.54) is 12.1 Å². The summed E-state index contributed by atoms with van der Waals surface area (Å²) in [7, 11) is 0. The third kappa shape index (κ3) is 2.36. The van der Waals surface area contributed by atoms with E-state index < -0.39 is 11.7 Å². The van der Waals surface area contributed by atoms with Crippen molar-refractivity contribution in [2.75, 3.05) is 18.0 Å². The highest BCUT2D eigenvalue weighted by Crippen LogP contribution is 2.38. The van der Waals surface area contributed by atoms with Crippen LogP contribution in [0.4, 0.5) is 18.9 Å². The fourth-order valence-electron chi connectivity index (χ4n) is 2.07. The molecular weight excluding hydrogens is 229 g/mol. The van der Waals surface area contributed by atoms with Gasteiger partial charge in [-0.3, -0.25) is 0 Å². The van der Waals surface area contributed by atoms with Gasteiger partial charge in [0.25, 0.3) is 0 Å². The molecule has 0 unspecified atom stereocenters. The van der Waals surface area contributed by atoms with Gasteiger partial charge in [-0.1, -0.05) is 0 Å². The van der Waals surface area contributed by atoms with Crippen LogP contribution in [0.2, 0.25) is 0 Å². The van der Waals surface area contributed by atoms with Crippen molar-refractivity contribution in [3.8, 4) is 6.07 Å². The second-order valence-corrected chi connectivity index (χ2v) is 4.04. The van der Waals surface area contributed by atoms with Crippen LogP contribution in [0.25, 0.3) is 0 Å². The van der Waals surface area contributed by atoms with Crippen molar-refractivity contribution < 1.29 is 13.2 Å². The maximum Gasteiger partial charge on any atom is 0.418 e. The lowest BCUT2D eigenvalue weighted by Gasteiger charge is -2.22. The molecule has 0 aromatic heterocycles. The molecule has 0 saturated carbocycles. The Balaban J connectivity index is 2.47. The van der Waals surface area contributed by atoms with E-state index in [9.17, 15) is 13.2 Å². The topological polar surface area (TPSA) is 27.0 Å². The van der Waals surface area contributed by atoms with E-state index in [2.05, 4.69) is 0 Å². The summed E-state index contributed by atoms with van der Waals surface area (Å²) < 4.78 is 38.6. The lowest BCUT2D eigenvalue weighted by Crippen LogP contribution is -2.22. The highest BCUT2D eigenvalue weighted by molar-refractivity contribution is 5.58. The second-order valence-electron chi connectivity index (χ2n) is 4.04. The van der Waals surface area contributed by atoms with Gasteiger partial charge < -0.3 is 4.90 Å². The van der Waals surface area contributed by atoms with Crippen molar-refractivity contribution in [2.45, 2.75) is 19.0 Å². The molecule has 0 N–H and O–H groups in total. The number of hydrogen-bond donors (Lipinski definition) is 0. The van der Waals surface area contributed by atoms with Crippen LogP contribution in [0, 0.1) is 11.3 Å². The Hall–Kier alpha value is -1.70. The summed E-state index contributed by atoms with van der Waals surface area (Å²) >= 11 is 0. The minimum Gasteiger partial charge on any atom is -0.371 e. The number of benzene rings is 1. The van der Waals surface area contributed by atoms with Crippen LogP contribution in [0.1, 0.15) is 24.0 Å². The van der Waals surface area contributed by atoms with Gasteiger partial charge in [-0.2, -0.15) is 18.4 Å². The Morgan fingerprint density at radius 3 is 2.35 bits per heavy atom. The molecule has 1 fully saturated rings.